The van der Waals surface area contributed by atoms with Crippen molar-refractivity contribution in [1.29, 1.82) is 0 Å². The van der Waals surface area contributed by atoms with Crippen LogP contribution in [0.25, 0.3) is 0 Å². The van der Waals surface area contributed by atoms with Crippen LogP contribution in [0.2, 0.25) is 0 Å². The number of esters is 3. The van der Waals surface area contributed by atoms with Gasteiger partial charge in [-0.15, -0.1) is 0 Å². The Morgan fingerprint density at radius 1 is 0.344 bits per heavy atom. The van der Waals surface area contributed by atoms with Gasteiger partial charge in [-0.2, -0.15) is 0 Å². The van der Waals surface area contributed by atoms with Crippen molar-refractivity contribution in [3.8, 4) is 0 Å². The molecule has 0 spiro atoms. The lowest BCUT2D eigenvalue weighted by atomic mass is 10.1. The van der Waals surface area contributed by atoms with Crippen molar-refractivity contribution < 1.29 is 28.6 Å². The van der Waals surface area contributed by atoms with Crippen molar-refractivity contribution >= 4 is 17.9 Å². The van der Waals surface area contributed by atoms with Gasteiger partial charge in [0.2, 0.25) is 0 Å². The Hall–Kier alpha value is -3.41. The first kappa shape index (κ1) is 57.6. The minimum absolute atomic E-state index is 0.0876. The summed E-state index contributed by atoms with van der Waals surface area (Å²) in [5.74, 6) is -0.930. The zero-order chi connectivity index (χ0) is 44.4. The molecule has 0 aliphatic rings. The summed E-state index contributed by atoms with van der Waals surface area (Å²) in [4.78, 5) is 37.8. The third-order valence-electron chi connectivity index (χ3n) is 10.4. The molecule has 0 heterocycles. The van der Waals surface area contributed by atoms with E-state index in [-0.39, 0.29) is 31.1 Å². The van der Waals surface area contributed by atoms with Gasteiger partial charge in [0, 0.05) is 19.3 Å². The largest absolute Gasteiger partial charge is 0.462 e. The lowest BCUT2D eigenvalue weighted by molar-refractivity contribution is -0.167. The van der Waals surface area contributed by atoms with Crippen LogP contribution in [-0.4, -0.2) is 37.2 Å². The fourth-order valence-corrected chi connectivity index (χ4v) is 6.60. The lowest BCUT2D eigenvalue weighted by Crippen LogP contribution is -2.30. The number of hydrogen-bond donors (Lipinski definition) is 0. The summed E-state index contributed by atoms with van der Waals surface area (Å²) < 4.78 is 16.7. The summed E-state index contributed by atoms with van der Waals surface area (Å²) in [6.45, 7) is 6.42. The van der Waals surface area contributed by atoms with E-state index in [1.165, 1.54) is 64.2 Å². The highest BCUT2D eigenvalue weighted by molar-refractivity contribution is 5.71. The quantitative estimate of drug-likeness (QED) is 0.0263. The highest BCUT2D eigenvalue weighted by Gasteiger charge is 2.19. The maximum absolute atomic E-state index is 12.7. The van der Waals surface area contributed by atoms with Gasteiger partial charge in [-0.25, -0.2) is 0 Å². The molecule has 0 aromatic rings. The third-order valence-corrected chi connectivity index (χ3v) is 10.4. The summed E-state index contributed by atoms with van der Waals surface area (Å²) in [7, 11) is 0. The number of ether oxygens (including phenoxy) is 3. The normalized spacial score (nSPS) is 12.8. The molecule has 0 rings (SSSR count). The van der Waals surface area contributed by atoms with Gasteiger partial charge in [-0.1, -0.05) is 202 Å². The number of carbonyl (C=O) groups excluding carboxylic acids is 3. The molecule has 61 heavy (non-hydrogen) atoms. The highest BCUT2D eigenvalue weighted by Crippen LogP contribution is 2.13. The lowest BCUT2D eigenvalue weighted by Gasteiger charge is -2.18. The second kappa shape index (κ2) is 49.2. The molecule has 0 aliphatic heterocycles. The van der Waals surface area contributed by atoms with E-state index in [2.05, 4.69) is 106 Å². The van der Waals surface area contributed by atoms with Crippen LogP contribution in [0.4, 0.5) is 0 Å². The van der Waals surface area contributed by atoms with E-state index >= 15 is 0 Å². The Morgan fingerprint density at radius 2 is 0.656 bits per heavy atom. The van der Waals surface area contributed by atoms with E-state index in [1.54, 1.807) is 0 Å². The summed E-state index contributed by atoms with van der Waals surface area (Å²) in [6, 6.07) is 0. The average molecular weight is 849 g/mol. The number of allylic oxidation sites excluding steroid dienone is 14. The van der Waals surface area contributed by atoms with Crippen LogP contribution in [0.1, 0.15) is 226 Å². The Bertz CT molecular complexity index is 1200. The van der Waals surface area contributed by atoms with Crippen LogP contribution in [0, 0.1) is 0 Å². The molecule has 1 unspecified atom stereocenters. The van der Waals surface area contributed by atoms with Gasteiger partial charge in [0.05, 0.1) is 0 Å². The molecule has 0 fully saturated rings. The number of carbonyl (C=O) groups is 3. The average Bonchev–Trinajstić information content (AvgIpc) is 3.26. The van der Waals surface area contributed by atoms with Crippen LogP contribution in [0.3, 0.4) is 0 Å². The van der Waals surface area contributed by atoms with E-state index in [0.717, 1.165) is 122 Å². The van der Waals surface area contributed by atoms with E-state index in [1.807, 2.05) is 0 Å². The zero-order valence-corrected chi connectivity index (χ0v) is 39.7. The topological polar surface area (TPSA) is 78.9 Å². The Morgan fingerprint density at radius 3 is 1.07 bits per heavy atom. The molecule has 0 aromatic heterocycles. The van der Waals surface area contributed by atoms with Crippen LogP contribution in [0.15, 0.2) is 85.1 Å². The van der Waals surface area contributed by atoms with Crippen LogP contribution >= 0.6 is 0 Å². The monoisotopic (exact) mass is 849 g/mol. The predicted octanol–water partition coefficient (Wildman–Crippen LogP) is 16.4. The molecule has 0 amide bonds. The molecule has 0 aliphatic carbocycles. The first-order valence-corrected chi connectivity index (χ1v) is 25.1. The van der Waals surface area contributed by atoms with E-state index < -0.39 is 6.10 Å². The molecule has 6 heteroatoms. The fraction of sp³-hybridized carbons (Fsp3) is 0.691. The van der Waals surface area contributed by atoms with E-state index in [4.69, 9.17) is 14.2 Å². The molecule has 0 saturated heterocycles. The van der Waals surface area contributed by atoms with Crippen molar-refractivity contribution in [1.82, 2.24) is 0 Å². The molecule has 0 bridgehead atoms. The van der Waals surface area contributed by atoms with E-state index in [9.17, 15) is 14.4 Å². The van der Waals surface area contributed by atoms with Crippen molar-refractivity contribution in [2.45, 2.75) is 232 Å². The van der Waals surface area contributed by atoms with Gasteiger partial charge in [0.15, 0.2) is 6.10 Å². The SMILES string of the molecule is CC/C=C\C/C=C\C/C=C\C/C=C\C/C=C\C/C=C\CCCCCCC(=O)OCC(COC(=O)CCCCCCCCCCC)OC(=O)CCCCCCC/C=C\CCCC. The summed E-state index contributed by atoms with van der Waals surface area (Å²) >= 11 is 0. The summed E-state index contributed by atoms with van der Waals surface area (Å²) in [5.41, 5.74) is 0. The first-order chi connectivity index (χ1) is 30.0. The minimum Gasteiger partial charge on any atom is -0.462 e. The molecule has 348 valence electrons. The molecule has 0 aromatic carbocycles. The van der Waals surface area contributed by atoms with Gasteiger partial charge >= 0.3 is 17.9 Å². The van der Waals surface area contributed by atoms with Gasteiger partial charge in [0.25, 0.3) is 0 Å². The third kappa shape index (κ3) is 47.5. The fourth-order valence-electron chi connectivity index (χ4n) is 6.60. The van der Waals surface area contributed by atoms with Gasteiger partial charge < -0.3 is 14.2 Å². The smallest absolute Gasteiger partial charge is 0.306 e. The van der Waals surface area contributed by atoms with Crippen LogP contribution < -0.4 is 0 Å². The number of unbranched alkanes of at least 4 members (excludes halogenated alkanes) is 19. The molecule has 0 radical (unpaired) electrons. The molecular formula is C55H92O6. The second-order valence-electron chi connectivity index (χ2n) is 16.3. The van der Waals surface area contributed by atoms with Crippen molar-refractivity contribution in [3.63, 3.8) is 0 Å². The predicted molar refractivity (Wildman–Crippen MR) is 261 cm³/mol. The standard InChI is InChI=1S/C55H92O6/c1-4-7-10-13-16-19-21-22-23-24-25-26-27-28-29-30-31-32-34-36-39-42-45-48-54(57)60-51-52(50-59-53(56)47-44-41-38-35-18-15-12-9-6-3)61-55(58)49-46-43-40-37-33-20-17-14-11-8-5-2/h7,10,14,16-17,19,22-23,25-26,28-29,31-32,52H,4-6,8-9,11-13,15,18,20-21,24,27,30,33-51H2,1-3H3/b10-7-,17-14-,19-16-,23-22-,26-25-,29-28-,32-31-. The van der Waals surface area contributed by atoms with Crippen molar-refractivity contribution in [3.05, 3.63) is 85.1 Å². The van der Waals surface area contributed by atoms with Gasteiger partial charge in [-0.05, 0) is 89.9 Å². The van der Waals surface area contributed by atoms with Crippen molar-refractivity contribution in [2.75, 3.05) is 13.2 Å². The first-order valence-electron chi connectivity index (χ1n) is 25.1. The molecule has 1 atom stereocenters. The minimum atomic E-state index is -0.788. The molecule has 0 saturated carbocycles. The second-order valence-corrected chi connectivity index (χ2v) is 16.3. The Labute approximate surface area is 375 Å². The van der Waals surface area contributed by atoms with Crippen molar-refractivity contribution in [2.24, 2.45) is 0 Å². The Balaban J connectivity index is 4.33. The number of rotatable bonds is 44. The van der Waals surface area contributed by atoms with E-state index in [0.29, 0.717) is 19.3 Å². The maximum Gasteiger partial charge on any atom is 0.306 e. The van der Waals surface area contributed by atoms with Crippen LogP contribution in [-0.2, 0) is 28.6 Å². The molecule has 0 N–H and O–H groups in total. The van der Waals surface area contributed by atoms with Gasteiger partial charge in [0.1, 0.15) is 13.2 Å². The highest BCUT2D eigenvalue weighted by atomic mass is 16.6. The van der Waals surface area contributed by atoms with Gasteiger partial charge in [-0.3, -0.25) is 14.4 Å². The maximum atomic E-state index is 12.7. The Kier molecular flexibility index (Phi) is 46.5. The molecule has 6 nitrogen and oxygen atoms in total. The number of hydrogen-bond acceptors (Lipinski definition) is 6. The summed E-state index contributed by atoms with van der Waals surface area (Å²) in [6.07, 6.45) is 62.9. The molecular weight excluding hydrogens is 757 g/mol. The van der Waals surface area contributed by atoms with Crippen LogP contribution in [0.5, 0.6) is 0 Å². The summed E-state index contributed by atoms with van der Waals surface area (Å²) in [5, 5.41) is 0. The zero-order valence-electron chi connectivity index (χ0n) is 39.7.